The summed E-state index contributed by atoms with van der Waals surface area (Å²) in [7, 11) is 6.38. The number of allylic oxidation sites excluding steroid dienone is 2. The van der Waals surface area contributed by atoms with E-state index in [1.165, 1.54) is 17.2 Å². The molecule has 194 valence electrons. The van der Waals surface area contributed by atoms with Crippen molar-refractivity contribution < 1.29 is 33.9 Å². The van der Waals surface area contributed by atoms with Crippen molar-refractivity contribution in [2.75, 3.05) is 20.6 Å². The Labute approximate surface area is 236 Å². The predicted octanol–water partition coefficient (Wildman–Crippen LogP) is -0.577. The number of pyridine rings is 1. The molecule has 1 N–H and O–H groups in total. The molecule has 5 nitrogen and oxygen atoms in total. The maximum atomic E-state index is 11.5. The highest BCUT2D eigenvalue weighted by Gasteiger charge is 2.08. The van der Waals surface area contributed by atoms with Crippen molar-refractivity contribution in [3.63, 3.8) is 0 Å². The molecule has 1 aliphatic heterocycles. The van der Waals surface area contributed by atoms with E-state index in [2.05, 4.69) is 97.5 Å². The first-order valence-corrected chi connectivity index (χ1v) is 11.7. The van der Waals surface area contributed by atoms with E-state index in [0.29, 0.717) is 5.69 Å². The van der Waals surface area contributed by atoms with Crippen LogP contribution in [0.2, 0.25) is 5.15 Å². The second kappa shape index (κ2) is 15.8. The zero-order valence-corrected chi connectivity index (χ0v) is 23.3. The van der Waals surface area contributed by atoms with E-state index >= 15 is 0 Å². The molecule has 0 saturated carbocycles. The fraction of sp³-hybridized carbons (Fsp3) is 0.138. The monoisotopic (exact) mass is 556 g/mol. The number of likely N-dealkylation sites (N-methyl/N-ethyl adjacent to an activating group) is 1. The zero-order chi connectivity index (χ0) is 25.1. The zero-order valence-electron chi connectivity index (χ0n) is 21.1. The highest BCUT2D eigenvalue weighted by Crippen LogP contribution is 2.16. The number of aryl methyl sites for hydroxylation is 1. The highest BCUT2D eigenvalue weighted by atomic mass is 35.5. The Bertz CT molecular complexity index is 1320. The molecule has 0 fully saturated rings. The molecule has 3 heterocycles. The van der Waals surface area contributed by atoms with Crippen LogP contribution >= 0.6 is 11.6 Å². The summed E-state index contributed by atoms with van der Waals surface area (Å²) in [6.45, 7) is 1.12. The molecule has 0 spiro atoms. The predicted molar refractivity (Wildman–Crippen MR) is 144 cm³/mol. The molecule has 2 aromatic carbocycles. The summed E-state index contributed by atoms with van der Waals surface area (Å²) < 4.78 is 3.02. The number of hydrogen-bond acceptors (Lipinski definition) is 2. The van der Waals surface area contributed by atoms with E-state index in [1.54, 1.807) is 0 Å². The van der Waals surface area contributed by atoms with Gasteiger partial charge >= 0.3 is 0 Å². The SMILES string of the molecule is C[N+]1(C)C=CC=CC1.C[n+]1ccc(-c2ccccc2)cc1.O=c1cc(Cl)[nH]nc1-c1ccccc1.[Cl-].[Cl-]. The Morgan fingerprint density at radius 1 is 0.838 bits per heavy atom. The number of nitrogens with zero attached hydrogens (tertiary/aromatic N) is 3. The van der Waals surface area contributed by atoms with E-state index in [1.807, 2.05) is 48.0 Å². The van der Waals surface area contributed by atoms with Crippen molar-refractivity contribution in [3.8, 4) is 22.4 Å². The number of hydrogen-bond donors (Lipinski definition) is 1. The maximum Gasteiger partial charge on any atom is 0.209 e. The fourth-order valence-electron chi connectivity index (χ4n) is 3.26. The van der Waals surface area contributed by atoms with Crippen molar-refractivity contribution in [2.24, 2.45) is 7.05 Å². The summed E-state index contributed by atoms with van der Waals surface area (Å²) in [6, 6.07) is 25.2. The molecule has 2 aromatic heterocycles. The first-order chi connectivity index (χ1) is 16.8. The van der Waals surface area contributed by atoms with Crippen LogP contribution < -0.4 is 34.8 Å². The Hall–Kier alpha value is -3.22. The maximum absolute atomic E-state index is 11.5. The number of benzene rings is 2. The molecular weight excluding hydrogens is 527 g/mol. The van der Waals surface area contributed by atoms with Gasteiger partial charge in [0.25, 0.3) is 0 Å². The van der Waals surface area contributed by atoms with Crippen LogP contribution in [-0.2, 0) is 7.05 Å². The van der Waals surface area contributed by atoms with E-state index in [-0.39, 0.29) is 35.4 Å². The second-order valence-corrected chi connectivity index (χ2v) is 9.05. The number of quaternary nitrogens is 1. The first-order valence-electron chi connectivity index (χ1n) is 11.3. The smallest absolute Gasteiger partial charge is 0.209 e. The standard InChI is InChI=1S/C12H12N.C10H7ClN2O.C7H12N.2ClH/c1-13-9-7-12(8-10-13)11-5-3-2-4-6-11;11-9-6-8(14)10(13-12-9)7-4-2-1-3-5-7;1-8(2)6-4-3-5-7-8;;/h2-10H,1H3;1-6H,(H,12,14);3-6H,7H2,1-2H3;2*1H/q+1;;+1;;/p-2. The molecule has 37 heavy (non-hydrogen) atoms. The minimum absolute atomic E-state index is 0. The highest BCUT2D eigenvalue weighted by molar-refractivity contribution is 6.29. The topological polar surface area (TPSA) is 49.6 Å². The van der Waals surface area contributed by atoms with Gasteiger partial charge in [0.2, 0.25) is 5.43 Å². The molecule has 0 radical (unpaired) electrons. The minimum atomic E-state index is -0.181. The lowest BCUT2D eigenvalue weighted by atomic mass is 10.1. The van der Waals surface area contributed by atoms with Crippen LogP contribution in [0.1, 0.15) is 0 Å². The average molecular weight is 558 g/mol. The van der Waals surface area contributed by atoms with Crippen molar-refractivity contribution in [2.45, 2.75) is 0 Å². The van der Waals surface area contributed by atoms with Gasteiger partial charge in [-0.05, 0) is 23.3 Å². The summed E-state index contributed by atoms with van der Waals surface area (Å²) in [6.07, 6.45) is 12.7. The number of rotatable bonds is 2. The third-order valence-corrected chi connectivity index (χ3v) is 5.40. The third kappa shape index (κ3) is 10.7. The van der Waals surface area contributed by atoms with Crippen LogP contribution in [0.5, 0.6) is 0 Å². The molecule has 5 rings (SSSR count). The van der Waals surface area contributed by atoms with Gasteiger partial charge in [-0.25, -0.2) is 4.57 Å². The Balaban J connectivity index is 0.000000280. The number of nitrogens with one attached hydrogen (secondary N) is 1. The summed E-state index contributed by atoms with van der Waals surface area (Å²) in [4.78, 5) is 11.5. The Kier molecular flexibility index (Phi) is 13.6. The second-order valence-electron chi connectivity index (χ2n) is 8.64. The molecule has 8 heteroatoms. The largest absolute Gasteiger partial charge is 1.00 e. The van der Waals surface area contributed by atoms with Crippen molar-refractivity contribution in [1.29, 1.82) is 0 Å². The minimum Gasteiger partial charge on any atom is -1.00 e. The van der Waals surface area contributed by atoms with Gasteiger partial charge in [0.15, 0.2) is 12.4 Å². The van der Waals surface area contributed by atoms with E-state index < -0.39 is 0 Å². The molecule has 0 aliphatic carbocycles. The molecule has 0 saturated heterocycles. The van der Waals surface area contributed by atoms with Gasteiger partial charge in [0.05, 0.1) is 20.3 Å². The molecule has 4 aromatic rings. The molecule has 1 aliphatic rings. The molecule has 0 bridgehead atoms. The van der Waals surface area contributed by atoms with Crippen molar-refractivity contribution in [3.05, 3.63) is 131 Å². The Morgan fingerprint density at radius 3 is 1.84 bits per heavy atom. The lowest BCUT2D eigenvalue weighted by Crippen LogP contribution is -3.00. The van der Waals surface area contributed by atoms with Crippen molar-refractivity contribution >= 4 is 11.6 Å². The van der Waals surface area contributed by atoms with Crippen LogP contribution in [0, 0.1) is 0 Å². The van der Waals surface area contributed by atoms with Gasteiger partial charge in [0.1, 0.15) is 24.4 Å². The average Bonchev–Trinajstić information content (AvgIpc) is 2.86. The number of aromatic nitrogens is 3. The van der Waals surface area contributed by atoms with Crippen LogP contribution in [0.25, 0.3) is 22.4 Å². The van der Waals surface area contributed by atoms with Crippen molar-refractivity contribution in [1.82, 2.24) is 10.2 Å². The summed E-state index contributed by atoms with van der Waals surface area (Å²) in [5.74, 6) is 0. The van der Waals surface area contributed by atoms with Gasteiger partial charge < -0.3 is 24.8 Å². The quantitative estimate of drug-likeness (QED) is 0.265. The summed E-state index contributed by atoms with van der Waals surface area (Å²) >= 11 is 5.59. The van der Waals surface area contributed by atoms with Gasteiger partial charge in [0, 0.05) is 23.8 Å². The summed E-state index contributed by atoms with van der Waals surface area (Å²) in [5, 5.41) is 6.68. The van der Waals surface area contributed by atoms with Gasteiger partial charge in [-0.1, -0.05) is 78.3 Å². The number of halogens is 3. The lowest BCUT2D eigenvalue weighted by molar-refractivity contribution is -0.833. The van der Waals surface area contributed by atoms with Gasteiger partial charge in [-0.3, -0.25) is 14.4 Å². The molecule has 0 unspecified atom stereocenters. The first kappa shape index (κ1) is 31.8. The number of H-pyrrole nitrogens is 1. The van der Waals surface area contributed by atoms with E-state index in [0.717, 1.165) is 16.6 Å². The normalized spacial score (nSPS) is 12.4. The fourth-order valence-corrected chi connectivity index (χ4v) is 3.40. The van der Waals surface area contributed by atoms with Crippen LogP contribution in [0.4, 0.5) is 0 Å². The van der Waals surface area contributed by atoms with Crippen LogP contribution in [0.15, 0.2) is 120 Å². The lowest BCUT2D eigenvalue weighted by Gasteiger charge is -2.24. The summed E-state index contributed by atoms with van der Waals surface area (Å²) in [5.41, 5.74) is 3.52. The van der Waals surface area contributed by atoms with Gasteiger partial charge in [-0.2, -0.15) is 5.10 Å². The number of aromatic amines is 1. The van der Waals surface area contributed by atoms with Crippen LogP contribution in [-0.4, -0.2) is 35.3 Å². The third-order valence-electron chi connectivity index (χ3n) is 5.21. The Morgan fingerprint density at radius 2 is 1.38 bits per heavy atom. The van der Waals surface area contributed by atoms with Gasteiger partial charge in [-0.15, -0.1) is 0 Å². The molecule has 0 atom stereocenters. The van der Waals surface area contributed by atoms with E-state index in [4.69, 9.17) is 11.6 Å². The van der Waals surface area contributed by atoms with Crippen LogP contribution in [0.3, 0.4) is 0 Å². The van der Waals surface area contributed by atoms with E-state index in [9.17, 15) is 4.79 Å². The molecule has 0 amide bonds. The molecular formula is C29H31Cl3N4O.